The maximum atomic E-state index is 12.6. The normalized spacial score (nSPS) is 11.9. The van der Waals surface area contributed by atoms with Gasteiger partial charge in [0.05, 0.1) is 11.7 Å². The summed E-state index contributed by atoms with van der Waals surface area (Å²) >= 11 is 5.56. The Bertz CT molecular complexity index is 1050. The van der Waals surface area contributed by atoms with Crippen molar-refractivity contribution in [2.24, 2.45) is 7.05 Å². The zero-order valence-corrected chi connectivity index (χ0v) is 18.2. The molecule has 1 amide bonds. The summed E-state index contributed by atoms with van der Waals surface area (Å²) in [6, 6.07) is 8.11. The Labute approximate surface area is 177 Å². The molecular weight excluding hydrogens is 525 g/mol. The standard InChI is InChI=1S/C18H15BrIN5O2/c1-10(23-18(27)11-7-12(19)9-13(20)8-11)16-17(22-6-5-21-16)14-3-4-15(26)25(2)24-14/h3-10H,1-2H3,(H,23,27). The predicted octanol–water partition coefficient (Wildman–Crippen LogP) is 3.10. The molecule has 0 bridgehead atoms. The van der Waals surface area contributed by atoms with Crippen LogP contribution in [0.2, 0.25) is 0 Å². The Hall–Kier alpha value is -2.14. The van der Waals surface area contributed by atoms with Crippen LogP contribution in [-0.4, -0.2) is 25.7 Å². The zero-order valence-electron chi connectivity index (χ0n) is 14.5. The lowest BCUT2D eigenvalue weighted by Crippen LogP contribution is -2.28. The highest BCUT2D eigenvalue weighted by Gasteiger charge is 2.19. The van der Waals surface area contributed by atoms with E-state index in [4.69, 9.17) is 0 Å². The van der Waals surface area contributed by atoms with Gasteiger partial charge >= 0.3 is 0 Å². The molecular formula is C18H15BrIN5O2. The first-order valence-corrected chi connectivity index (χ1v) is 9.85. The molecule has 0 aliphatic heterocycles. The van der Waals surface area contributed by atoms with Gasteiger partial charge in [0.25, 0.3) is 11.5 Å². The van der Waals surface area contributed by atoms with Crippen LogP contribution in [0.15, 0.2) is 52.0 Å². The van der Waals surface area contributed by atoms with Gasteiger partial charge in [-0.3, -0.25) is 19.6 Å². The van der Waals surface area contributed by atoms with Crippen molar-refractivity contribution < 1.29 is 4.79 Å². The molecule has 1 unspecified atom stereocenters. The number of halogens is 2. The van der Waals surface area contributed by atoms with Gasteiger partial charge in [-0.2, -0.15) is 5.10 Å². The minimum atomic E-state index is -0.406. The van der Waals surface area contributed by atoms with Crippen molar-refractivity contribution in [3.63, 3.8) is 0 Å². The van der Waals surface area contributed by atoms with Crippen LogP contribution in [-0.2, 0) is 7.05 Å². The summed E-state index contributed by atoms with van der Waals surface area (Å²) in [5.41, 5.74) is 1.94. The molecule has 1 atom stereocenters. The minimum Gasteiger partial charge on any atom is -0.344 e. The van der Waals surface area contributed by atoms with Gasteiger partial charge in [-0.25, -0.2) is 4.68 Å². The Morgan fingerprint density at radius 3 is 2.67 bits per heavy atom. The molecule has 1 N–H and O–H groups in total. The van der Waals surface area contributed by atoms with Gasteiger partial charge in [0.2, 0.25) is 0 Å². The van der Waals surface area contributed by atoms with Crippen LogP contribution in [0.1, 0.15) is 29.0 Å². The predicted molar refractivity (Wildman–Crippen MR) is 113 cm³/mol. The van der Waals surface area contributed by atoms with Crippen LogP contribution in [0, 0.1) is 3.57 Å². The highest BCUT2D eigenvalue weighted by Crippen LogP contribution is 2.23. The fourth-order valence-electron chi connectivity index (χ4n) is 2.52. The summed E-state index contributed by atoms with van der Waals surface area (Å²) in [5.74, 6) is -0.216. The number of hydrogen-bond acceptors (Lipinski definition) is 5. The molecule has 1 aromatic carbocycles. The summed E-state index contributed by atoms with van der Waals surface area (Å²) < 4.78 is 3.02. The van der Waals surface area contributed by atoms with E-state index in [0.29, 0.717) is 22.6 Å². The number of amides is 1. The Balaban J connectivity index is 1.91. The molecule has 0 fully saturated rings. The molecule has 0 aliphatic carbocycles. The van der Waals surface area contributed by atoms with Crippen molar-refractivity contribution in [1.82, 2.24) is 25.1 Å². The minimum absolute atomic E-state index is 0.213. The second-order valence-corrected chi connectivity index (χ2v) is 7.99. The highest BCUT2D eigenvalue weighted by molar-refractivity contribution is 14.1. The largest absolute Gasteiger partial charge is 0.344 e. The second-order valence-electron chi connectivity index (χ2n) is 5.82. The molecule has 2 aromatic heterocycles. The van der Waals surface area contributed by atoms with Gasteiger partial charge in [-0.1, -0.05) is 15.9 Å². The van der Waals surface area contributed by atoms with E-state index in [1.807, 2.05) is 13.0 Å². The maximum Gasteiger partial charge on any atom is 0.266 e. The van der Waals surface area contributed by atoms with Crippen molar-refractivity contribution in [1.29, 1.82) is 0 Å². The van der Waals surface area contributed by atoms with Gasteiger partial charge in [0.1, 0.15) is 11.4 Å². The van der Waals surface area contributed by atoms with E-state index in [1.54, 1.807) is 37.6 Å². The van der Waals surface area contributed by atoms with Crippen LogP contribution in [0.5, 0.6) is 0 Å². The van der Waals surface area contributed by atoms with Crippen molar-refractivity contribution in [2.75, 3.05) is 0 Å². The summed E-state index contributed by atoms with van der Waals surface area (Å²) in [6.45, 7) is 1.83. The summed E-state index contributed by atoms with van der Waals surface area (Å²) in [4.78, 5) is 32.9. The van der Waals surface area contributed by atoms with Crippen molar-refractivity contribution >= 4 is 44.4 Å². The third-order valence-corrected chi connectivity index (χ3v) is 4.89. The SMILES string of the molecule is CC(NC(=O)c1cc(Br)cc(I)c1)c1nccnc1-c1ccc(=O)n(C)n1. The lowest BCUT2D eigenvalue weighted by molar-refractivity contribution is 0.0939. The summed E-state index contributed by atoms with van der Waals surface area (Å²) in [6.07, 6.45) is 3.11. The lowest BCUT2D eigenvalue weighted by Gasteiger charge is -2.16. The van der Waals surface area contributed by atoms with Gasteiger partial charge in [0, 0.05) is 39.1 Å². The third kappa shape index (κ3) is 4.59. The van der Waals surface area contributed by atoms with Crippen LogP contribution >= 0.6 is 38.5 Å². The molecule has 3 aromatic rings. The number of hydrogen-bond donors (Lipinski definition) is 1. The Kier molecular flexibility index (Phi) is 6.00. The summed E-state index contributed by atoms with van der Waals surface area (Å²) in [5, 5.41) is 7.17. The fraction of sp³-hybridized carbons (Fsp3) is 0.167. The number of carbonyl (C=O) groups excluding carboxylic acids is 1. The third-order valence-electron chi connectivity index (χ3n) is 3.81. The van der Waals surface area contributed by atoms with Crippen molar-refractivity contribution in [3.8, 4) is 11.4 Å². The number of nitrogens with one attached hydrogen (secondary N) is 1. The van der Waals surface area contributed by atoms with Crippen LogP contribution in [0.25, 0.3) is 11.4 Å². The first-order chi connectivity index (χ1) is 12.8. The molecule has 138 valence electrons. The van der Waals surface area contributed by atoms with Gasteiger partial charge in [-0.15, -0.1) is 0 Å². The van der Waals surface area contributed by atoms with Crippen molar-refractivity contribution in [3.05, 3.63) is 72.4 Å². The molecule has 0 radical (unpaired) electrons. The van der Waals surface area contributed by atoms with Gasteiger partial charge < -0.3 is 5.32 Å². The molecule has 0 saturated heterocycles. The number of aryl methyl sites for hydroxylation is 1. The molecule has 0 saturated carbocycles. The first kappa shape index (κ1) is 19.6. The van der Waals surface area contributed by atoms with Crippen molar-refractivity contribution in [2.45, 2.75) is 13.0 Å². The van der Waals surface area contributed by atoms with E-state index in [1.165, 1.54) is 10.7 Å². The smallest absolute Gasteiger partial charge is 0.266 e. The van der Waals surface area contributed by atoms with Gasteiger partial charge in [0.15, 0.2) is 0 Å². The topological polar surface area (TPSA) is 89.8 Å². The van der Waals surface area contributed by atoms with Crippen LogP contribution < -0.4 is 10.9 Å². The highest BCUT2D eigenvalue weighted by atomic mass is 127. The quantitative estimate of drug-likeness (QED) is 0.515. The average Bonchev–Trinajstić information content (AvgIpc) is 2.63. The molecule has 0 aliphatic rings. The summed E-state index contributed by atoms with van der Waals surface area (Å²) in [7, 11) is 1.57. The Morgan fingerprint density at radius 1 is 1.22 bits per heavy atom. The number of rotatable bonds is 4. The average molecular weight is 540 g/mol. The van der Waals surface area contributed by atoms with E-state index < -0.39 is 6.04 Å². The van der Waals surface area contributed by atoms with E-state index in [0.717, 1.165) is 8.04 Å². The number of aromatic nitrogens is 4. The second kappa shape index (κ2) is 8.26. The van der Waals surface area contributed by atoms with Crippen LogP contribution in [0.4, 0.5) is 0 Å². The first-order valence-electron chi connectivity index (χ1n) is 7.98. The van der Waals surface area contributed by atoms with E-state index in [-0.39, 0.29) is 11.5 Å². The maximum absolute atomic E-state index is 12.6. The molecule has 27 heavy (non-hydrogen) atoms. The fourth-order valence-corrected chi connectivity index (χ4v) is 4.12. The zero-order chi connectivity index (χ0) is 19.6. The van der Waals surface area contributed by atoms with Gasteiger partial charge in [-0.05, 0) is 53.8 Å². The number of nitrogens with zero attached hydrogens (tertiary/aromatic N) is 4. The number of carbonyl (C=O) groups is 1. The van der Waals surface area contributed by atoms with E-state index in [2.05, 4.69) is 58.9 Å². The monoisotopic (exact) mass is 539 g/mol. The van der Waals surface area contributed by atoms with E-state index in [9.17, 15) is 9.59 Å². The van der Waals surface area contributed by atoms with Crippen LogP contribution in [0.3, 0.4) is 0 Å². The molecule has 7 nitrogen and oxygen atoms in total. The molecule has 0 spiro atoms. The number of benzene rings is 1. The Morgan fingerprint density at radius 2 is 1.96 bits per heavy atom. The van der Waals surface area contributed by atoms with E-state index >= 15 is 0 Å². The molecule has 9 heteroatoms. The molecule has 3 rings (SSSR count). The molecule has 2 heterocycles. The lowest BCUT2D eigenvalue weighted by atomic mass is 10.1.